The van der Waals surface area contributed by atoms with E-state index in [9.17, 15) is 13.2 Å². The number of rotatable bonds is 7. The molecule has 1 aliphatic rings. The first-order chi connectivity index (χ1) is 13.9. The van der Waals surface area contributed by atoms with Gasteiger partial charge in [-0.05, 0) is 37.3 Å². The molecule has 1 fully saturated rings. The fourth-order valence-electron chi connectivity index (χ4n) is 3.17. The van der Waals surface area contributed by atoms with Gasteiger partial charge in [-0.3, -0.25) is 9.69 Å². The number of hydrogen-bond acceptors (Lipinski definition) is 6. The molecule has 8 heteroatoms. The number of hydrogen-bond donors (Lipinski definition) is 0. The van der Waals surface area contributed by atoms with Crippen molar-refractivity contribution in [3.63, 3.8) is 0 Å². The summed E-state index contributed by atoms with van der Waals surface area (Å²) >= 11 is 0. The van der Waals surface area contributed by atoms with Crippen molar-refractivity contribution in [2.75, 3.05) is 39.3 Å². The summed E-state index contributed by atoms with van der Waals surface area (Å²) in [7, 11) is -3.62. The Hall–Kier alpha value is -2.73. The van der Waals surface area contributed by atoms with Gasteiger partial charge in [0.2, 0.25) is 10.0 Å². The summed E-state index contributed by atoms with van der Waals surface area (Å²) in [6.07, 6.45) is 0. The second-order valence-corrected chi connectivity index (χ2v) is 8.76. The normalized spacial score (nSPS) is 15.6. The fraction of sp³-hybridized carbons (Fsp3) is 0.333. The van der Waals surface area contributed by atoms with Crippen LogP contribution in [0.2, 0.25) is 0 Å². The smallest absolute Gasteiger partial charge is 0.243 e. The molecule has 7 nitrogen and oxygen atoms in total. The van der Waals surface area contributed by atoms with E-state index >= 15 is 0 Å². The van der Waals surface area contributed by atoms with Crippen LogP contribution in [-0.2, 0) is 10.0 Å². The number of ether oxygens (including phenoxy) is 1. The Bertz CT molecular complexity index is 1020. The van der Waals surface area contributed by atoms with Crippen LogP contribution < -0.4 is 4.74 Å². The molecule has 0 spiro atoms. The van der Waals surface area contributed by atoms with Crippen molar-refractivity contribution in [2.24, 2.45) is 0 Å². The minimum absolute atomic E-state index is 0.152. The third kappa shape index (κ3) is 5.21. The highest BCUT2D eigenvalue weighted by atomic mass is 32.2. The van der Waals surface area contributed by atoms with Crippen LogP contribution in [-0.4, -0.2) is 62.7 Å². The number of piperazine rings is 1. The first-order valence-electron chi connectivity index (χ1n) is 9.36. The third-order valence-corrected chi connectivity index (χ3v) is 6.74. The monoisotopic (exact) mass is 413 g/mol. The molecule has 1 saturated heterocycles. The van der Waals surface area contributed by atoms with Gasteiger partial charge in [0, 0.05) is 38.3 Å². The number of ketones is 1. The zero-order valence-corrected chi connectivity index (χ0v) is 17.1. The molecule has 0 amide bonds. The lowest BCUT2D eigenvalue weighted by Gasteiger charge is -2.33. The van der Waals surface area contributed by atoms with Gasteiger partial charge in [-0.25, -0.2) is 8.42 Å². The molecule has 0 radical (unpaired) electrons. The van der Waals surface area contributed by atoms with Gasteiger partial charge < -0.3 is 4.74 Å². The highest BCUT2D eigenvalue weighted by molar-refractivity contribution is 7.89. The lowest BCUT2D eigenvalue weighted by Crippen LogP contribution is -2.49. The van der Waals surface area contributed by atoms with Crippen molar-refractivity contribution in [1.82, 2.24) is 9.21 Å². The Kier molecular flexibility index (Phi) is 6.64. The van der Waals surface area contributed by atoms with Gasteiger partial charge in [-0.15, -0.1) is 0 Å². The van der Waals surface area contributed by atoms with Crippen molar-refractivity contribution < 1.29 is 17.9 Å². The van der Waals surface area contributed by atoms with Crippen molar-refractivity contribution in [1.29, 1.82) is 5.26 Å². The molecule has 1 heterocycles. The second-order valence-electron chi connectivity index (χ2n) is 6.82. The van der Waals surface area contributed by atoms with Crippen molar-refractivity contribution in [3.05, 3.63) is 59.7 Å². The van der Waals surface area contributed by atoms with Crippen LogP contribution in [0, 0.1) is 11.3 Å². The van der Waals surface area contributed by atoms with Crippen molar-refractivity contribution in [2.45, 2.75) is 11.8 Å². The summed E-state index contributed by atoms with van der Waals surface area (Å²) in [5.74, 6) is 0.489. The van der Waals surface area contributed by atoms with Crippen LogP contribution in [0.4, 0.5) is 0 Å². The van der Waals surface area contributed by atoms with Gasteiger partial charge >= 0.3 is 0 Å². The Balaban J connectivity index is 1.52. The van der Waals surface area contributed by atoms with Gasteiger partial charge in [0.15, 0.2) is 5.78 Å². The standard InChI is InChI=1S/C21H23N3O4S/c1-17(25)19-5-3-7-21(15-19)29(26,27)24-10-8-23(9-11-24)12-13-28-20-6-2-4-18(14-20)16-22/h2-7,14-15H,8-13H2,1H3. The van der Waals surface area contributed by atoms with E-state index in [1.54, 1.807) is 36.4 Å². The first-order valence-corrected chi connectivity index (χ1v) is 10.8. The summed E-state index contributed by atoms with van der Waals surface area (Å²) in [5.41, 5.74) is 0.942. The first kappa shape index (κ1) is 21.0. The molecule has 0 bridgehead atoms. The molecule has 0 aliphatic carbocycles. The maximum atomic E-state index is 12.9. The highest BCUT2D eigenvalue weighted by Crippen LogP contribution is 2.19. The predicted molar refractivity (Wildman–Crippen MR) is 108 cm³/mol. The molecule has 0 atom stereocenters. The van der Waals surface area contributed by atoms with Crippen LogP contribution in [0.3, 0.4) is 0 Å². The van der Waals surface area contributed by atoms with E-state index in [1.807, 2.05) is 0 Å². The van der Waals surface area contributed by atoms with E-state index in [0.29, 0.717) is 56.2 Å². The third-order valence-electron chi connectivity index (χ3n) is 4.85. The minimum atomic E-state index is -3.62. The Morgan fingerprint density at radius 3 is 2.52 bits per heavy atom. The van der Waals surface area contributed by atoms with Gasteiger partial charge in [0.05, 0.1) is 16.5 Å². The molecule has 2 aromatic carbocycles. The van der Waals surface area contributed by atoms with Gasteiger partial charge in [-0.1, -0.05) is 18.2 Å². The molecule has 29 heavy (non-hydrogen) atoms. The second kappa shape index (κ2) is 9.18. The maximum Gasteiger partial charge on any atom is 0.243 e. The quantitative estimate of drug-likeness (QED) is 0.646. The SMILES string of the molecule is CC(=O)c1cccc(S(=O)(=O)N2CCN(CCOc3cccc(C#N)c3)CC2)c1. The molecular formula is C21H23N3O4S. The average Bonchev–Trinajstić information content (AvgIpc) is 2.74. The lowest BCUT2D eigenvalue weighted by molar-refractivity contribution is 0.101. The minimum Gasteiger partial charge on any atom is -0.492 e. The Morgan fingerprint density at radius 1 is 1.10 bits per heavy atom. The van der Waals surface area contributed by atoms with E-state index in [4.69, 9.17) is 10.00 Å². The van der Waals surface area contributed by atoms with Crippen LogP contribution in [0.1, 0.15) is 22.8 Å². The number of carbonyl (C=O) groups is 1. The van der Waals surface area contributed by atoms with E-state index in [-0.39, 0.29) is 10.7 Å². The van der Waals surface area contributed by atoms with Crippen LogP contribution >= 0.6 is 0 Å². The van der Waals surface area contributed by atoms with Crippen molar-refractivity contribution in [3.8, 4) is 11.8 Å². The summed E-state index contributed by atoms with van der Waals surface area (Å²) < 4.78 is 32.9. The number of benzene rings is 2. The largest absolute Gasteiger partial charge is 0.492 e. The summed E-state index contributed by atoms with van der Waals surface area (Å²) in [5, 5.41) is 8.92. The summed E-state index contributed by atoms with van der Waals surface area (Å²) in [6, 6.07) is 15.3. The van der Waals surface area contributed by atoms with E-state index < -0.39 is 10.0 Å². The fourth-order valence-corrected chi connectivity index (χ4v) is 4.63. The average molecular weight is 413 g/mol. The molecule has 0 saturated carbocycles. The van der Waals surface area contributed by atoms with Gasteiger partial charge in [-0.2, -0.15) is 9.57 Å². The topological polar surface area (TPSA) is 90.7 Å². The molecule has 0 unspecified atom stereocenters. The molecule has 1 aliphatic heterocycles. The zero-order chi connectivity index (χ0) is 20.9. The number of carbonyl (C=O) groups excluding carboxylic acids is 1. The molecule has 152 valence electrons. The number of nitriles is 1. The molecule has 0 aromatic heterocycles. The van der Waals surface area contributed by atoms with Gasteiger partial charge in [0.25, 0.3) is 0 Å². The molecule has 0 N–H and O–H groups in total. The lowest BCUT2D eigenvalue weighted by atomic mass is 10.2. The van der Waals surface area contributed by atoms with Crippen LogP contribution in [0.25, 0.3) is 0 Å². The highest BCUT2D eigenvalue weighted by Gasteiger charge is 2.28. The molecule has 2 aromatic rings. The van der Waals surface area contributed by atoms with E-state index in [1.165, 1.54) is 23.4 Å². The van der Waals surface area contributed by atoms with Gasteiger partial charge in [0.1, 0.15) is 12.4 Å². The zero-order valence-electron chi connectivity index (χ0n) is 16.2. The maximum absolute atomic E-state index is 12.9. The number of sulfonamides is 1. The number of Topliss-reactive ketones (excluding diaryl/α,β-unsaturated/α-hetero) is 1. The van der Waals surface area contributed by atoms with Crippen molar-refractivity contribution >= 4 is 15.8 Å². The van der Waals surface area contributed by atoms with E-state index in [0.717, 1.165) is 0 Å². The summed E-state index contributed by atoms with van der Waals surface area (Å²) in [4.78, 5) is 13.8. The van der Waals surface area contributed by atoms with Crippen LogP contribution in [0.5, 0.6) is 5.75 Å². The Labute approximate surface area is 171 Å². The molecular weight excluding hydrogens is 390 g/mol. The van der Waals surface area contributed by atoms with Crippen LogP contribution in [0.15, 0.2) is 53.4 Å². The predicted octanol–water partition coefficient (Wildman–Crippen LogP) is 2.15. The Morgan fingerprint density at radius 2 is 1.83 bits per heavy atom. The summed E-state index contributed by atoms with van der Waals surface area (Å²) in [6.45, 7) is 4.53. The number of nitrogens with zero attached hydrogens (tertiary/aromatic N) is 3. The van der Waals surface area contributed by atoms with E-state index in [2.05, 4.69) is 11.0 Å². The molecule has 3 rings (SSSR count).